The first-order valence-corrected chi connectivity index (χ1v) is 16.8. The highest BCUT2D eigenvalue weighted by Crippen LogP contribution is 2.40. The second-order valence-electron chi connectivity index (χ2n) is 14.0. The molecule has 1 aliphatic heterocycles. The molecule has 2 N–H and O–H groups in total. The van der Waals surface area contributed by atoms with Crippen LogP contribution in [0.15, 0.2) is 36.7 Å². The zero-order valence-corrected chi connectivity index (χ0v) is 29.4. The van der Waals surface area contributed by atoms with Gasteiger partial charge in [0, 0.05) is 69.3 Å². The molecule has 0 radical (unpaired) electrons. The van der Waals surface area contributed by atoms with Gasteiger partial charge in [-0.1, -0.05) is 6.07 Å². The third-order valence-corrected chi connectivity index (χ3v) is 8.62. The molecule has 1 saturated heterocycles. The van der Waals surface area contributed by atoms with Gasteiger partial charge in [-0.25, -0.2) is 4.79 Å². The topological polar surface area (TPSA) is 131 Å². The molecule has 48 heavy (non-hydrogen) atoms. The van der Waals surface area contributed by atoms with Crippen LogP contribution in [0.3, 0.4) is 0 Å². The van der Waals surface area contributed by atoms with E-state index in [4.69, 9.17) is 14.5 Å². The van der Waals surface area contributed by atoms with Crippen molar-refractivity contribution in [2.75, 3.05) is 38.0 Å². The van der Waals surface area contributed by atoms with Gasteiger partial charge in [0.2, 0.25) is 0 Å². The Labute approximate surface area is 283 Å². The lowest BCUT2D eigenvalue weighted by molar-refractivity contribution is -0.00317. The average Bonchev–Trinajstić information content (AvgIpc) is 3.80. The predicted molar refractivity (Wildman–Crippen MR) is 184 cm³/mol. The smallest absolute Gasteiger partial charge is 0.410 e. The van der Waals surface area contributed by atoms with E-state index in [9.17, 15) is 14.4 Å². The second kappa shape index (κ2) is 14.3. The van der Waals surface area contributed by atoms with Crippen molar-refractivity contribution >= 4 is 23.7 Å². The molecule has 258 valence electrons. The second-order valence-corrected chi connectivity index (χ2v) is 14.0. The van der Waals surface area contributed by atoms with Crippen LogP contribution in [0, 0.1) is 13.8 Å². The number of hydrogen-bond donors (Lipinski definition) is 2. The van der Waals surface area contributed by atoms with Crippen molar-refractivity contribution < 1.29 is 23.9 Å². The van der Waals surface area contributed by atoms with E-state index in [-0.39, 0.29) is 29.5 Å². The van der Waals surface area contributed by atoms with E-state index in [1.165, 1.54) is 18.4 Å². The summed E-state index contributed by atoms with van der Waals surface area (Å²) >= 11 is 0. The zero-order valence-electron chi connectivity index (χ0n) is 29.4. The number of benzene rings is 1. The van der Waals surface area contributed by atoms with E-state index in [1.54, 1.807) is 28.8 Å². The van der Waals surface area contributed by atoms with Gasteiger partial charge in [-0.05, 0) is 96.6 Å². The quantitative estimate of drug-likeness (QED) is 0.297. The molecule has 3 amide bonds. The van der Waals surface area contributed by atoms with Crippen molar-refractivity contribution in [1.29, 1.82) is 0 Å². The Morgan fingerprint density at radius 2 is 1.79 bits per heavy atom. The maximum absolute atomic E-state index is 13.4. The van der Waals surface area contributed by atoms with Gasteiger partial charge < -0.3 is 25.0 Å². The number of anilines is 1. The lowest BCUT2D eigenvalue weighted by Crippen LogP contribution is -2.55. The number of aryl methyl sites for hydroxylation is 3. The number of aromatic nitrogens is 3. The molecule has 12 heteroatoms. The molecule has 0 unspecified atom stereocenters. The Kier molecular flexibility index (Phi) is 10.4. The van der Waals surface area contributed by atoms with Crippen LogP contribution in [-0.2, 0) is 11.8 Å². The number of carbonyl (C=O) groups is 3. The number of pyridine rings is 1. The molecule has 1 aromatic carbocycles. The van der Waals surface area contributed by atoms with Crippen LogP contribution < -0.4 is 15.4 Å². The number of nitrogens with one attached hydrogen (secondary N) is 2. The Hall–Kier alpha value is -4.45. The maximum atomic E-state index is 13.4. The van der Waals surface area contributed by atoms with E-state index in [2.05, 4.69) is 26.7 Å². The number of ether oxygens (including phenoxy) is 2. The Morgan fingerprint density at radius 3 is 2.38 bits per heavy atom. The first kappa shape index (κ1) is 34.9. The van der Waals surface area contributed by atoms with Crippen molar-refractivity contribution in [2.24, 2.45) is 7.05 Å². The summed E-state index contributed by atoms with van der Waals surface area (Å²) in [6.45, 7) is 15.8. The Morgan fingerprint density at radius 1 is 1.04 bits per heavy atom. The summed E-state index contributed by atoms with van der Waals surface area (Å²) in [5.74, 6) is 0.683. The van der Waals surface area contributed by atoms with Crippen LogP contribution >= 0.6 is 0 Å². The van der Waals surface area contributed by atoms with Gasteiger partial charge in [0.05, 0.1) is 11.3 Å². The molecule has 2 atom stereocenters. The fraction of sp³-hybridized carbons (Fsp3) is 0.528. The number of carbonyl (C=O) groups excluding carboxylic acids is 3. The molecule has 3 heterocycles. The van der Waals surface area contributed by atoms with Crippen LogP contribution in [-0.4, -0.2) is 86.8 Å². The highest BCUT2D eigenvalue weighted by Gasteiger charge is 2.33. The summed E-state index contributed by atoms with van der Waals surface area (Å²) in [6, 6.07) is 7.38. The van der Waals surface area contributed by atoms with Gasteiger partial charge in [0.25, 0.3) is 11.8 Å². The third kappa shape index (κ3) is 8.52. The van der Waals surface area contributed by atoms with Crippen molar-refractivity contribution in [1.82, 2.24) is 29.9 Å². The number of amides is 3. The summed E-state index contributed by atoms with van der Waals surface area (Å²) in [6.07, 6.45) is 5.26. The van der Waals surface area contributed by atoms with E-state index in [1.807, 2.05) is 66.9 Å². The van der Waals surface area contributed by atoms with E-state index in [0.29, 0.717) is 61.3 Å². The molecule has 2 fully saturated rings. The van der Waals surface area contributed by atoms with Gasteiger partial charge in [-0.15, -0.1) is 0 Å². The molecule has 1 saturated carbocycles. The number of nitrogens with zero attached hydrogens (tertiary/aromatic N) is 5. The molecular weight excluding hydrogens is 610 g/mol. The van der Waals surface area contributed by atoms with E-state index < -0.39 is 11.7 Å². The summed E-state index contributed by atoms with van der Waals surface area (Å²) < 4.78 is 14.0. The molecular formula is C36H49N7O5. The van der Waals surface area contributed by atoms with Gasteiger partial charge in [-0.3, -0.25) is 24.2 Å². The standard InChI is InChI=1S/C36H49N7O5/c1-9-37-33(44)28-17-27(34(45)39-32-23(3)19-41(8)40-32)22(2)16-30(28)47-31(29-13-12-26(18-38-29)25-10-11-25)21-42-14-15-43(24(4)20-42)35(46)48-36(5,6)7/h12-13,16-19,24-25,31H,9-11,14-15,20-21H2,1-8H3,(H,37,44)(H,39,40,45)/t24-,31-/m1/s1. The monoisotopic (exact) mass is 659 g/mol. The van der Waals surface area contributed by atoms with Crippen LogP contribution in [0.25, 0.3) is 0 Å². The molecule has 1 aliphatic carbocycles. The van der Waals surface area contributed by atoms with Crippen molar-refractivity contribution in [3.63, 3.8) is 0 Å². The number of rotatable bonds is 10. The lowest BCUT2D eigenvalue weighted by atomic mass is 10.0. The zero-order chi connectivity index (χ0) is 34.7. The van der Waals surface area contributed by atoms with Crippen LogP contribution in [0.2, 0.25) is 0 Å². The fourth-order valence-electron chi connectivity index (χ4n) is 6.00. The first-order valence-electron chi connectivity index (χ1n) is 16.8. The van der Waals surface area contributed by atoms with Crippen LogP contribution in [0.1, 0.15) is 103 Å². The molecule has 0 bridgehead atoms. The average molecular weight is 660 g/mol. The lowest BCUT2D eigenvalue weighted by Gasteiger charge is -2.41. The van der Waals surface area contributed by atoms with Crippen molar-refractivity contribution in [3.05, 3.63) is 70.2 Å². The Bertz CT molecular complexity index is 1640. The summed E-state index contributed by atoms with van der Waals surface area (Å²) in [7, 11) is 1.79. The minimum absolute atomic E-state index is 0.0758. The highest BCUT2D eigenvalue weighted by molar-refractivity contribution is 6.07. The normalized spacial score (nSPS) is 17.5. The van der Waals surface area contributed by atoms with Gasteiger partial charge in [0.15, 0.2) is 11.9 Å². The SMILES string of the molecule is CCNC(=O)c1cc(C(=O)Nc2nn(C)cc2C)c(C)cc1O[C@H](CN1CCN(C(=O)OC(C)(C)C)[C@H](C)C1)c1ccc(C2CC2)cn1. The Balaban J connectivity index is 1.42. The minimum atomic E-state index is -0.571. The third-order valence-electron chi connectivity index (χ3n) is 8.62. The molecule has 3 aromatic rings. The molecule has 12 nitrogen and oxygen atoms in total. The van der Waals surface area contributed by atoms with Crippen LogP contribution in [0.5, 0.6) is 5.75 Å². The number of piperazine rings is 1. The maximum Gasteiger partial charge on any atom is 0.410 e. The minimum Gasteiger partial charge on any atom is -0.482 e. The summed E-state index contributed by atoms with van der Waals surface area (Å²) in [5, 5.41) is 10.1. The first-order chi connectivity index (χ1) is 22.7. The molecule has 5 rings (SSSR count). The fourth-order valence-corrected chi connectivity index (χ4v) is 6.00. The van der Waals surface area contributed by atoms with Crippen molar-refractivity contribution in [2.45, 2.75) is 85.0 Å². The van der Waals surface area contributed by atoms with Gasteiger partial charge in [0.1, 0.15) is 11.4 Å². The highest BCUT2D eigenvalue weighted by atomic mass is 16.6. The summed E-state index contributed by atoms with van der Waals surface area (Å²) in [4.78, 5) is 48.6. The van der Waals surface area contributed by atoms with E-state index in [0.717, 1.165) is 11.3 Å². The largest absolute Gasteiger partial charge is 0.482 e. The predicted octanol–water partition coefficient (Wildman–Crippen LogP) is 5.37. The molecule has 0 spiro atoms. The van der Waals surface area contributed by atoms with E-state index >= 15 is 0 Å². The molecule has 2 aliphatic rings. The molecule has 2 aromatic heterocycles. The summed E-state index contributed by atoms with van der Waals surface area (Å²) in [5.41, 5.74) is 3.48. The van der Waals surface area contributed by atoms with Crippen LogP contribution in [0.4, 0.5) is 10.6 Å². The number of hydrogen-bond acceptors (Lipinski definition) is 8. The van der Waals surface area contributed by atoms with Gasteiger partial charge in [-0.2, -0.15) is 5.10 Å². The van der Waals surface area contributed by atoms with Gasteiger partial charge >= 0.3 is 6.09 Å². The van der Waals surface area contributed by atoms with Crippen molar-refractivity contribution in [3.8, 4) is 5.75 Å².